The molecule has 0 fully saturated rings. The molecular formula is C25H21N13O13S4. The minimum atomic E-state index is -4.90. The van der Waals surface area contributed by atoms with Crippen LogP contribution in [0.3, 0.4) is 0 Å². The van der Waals surface area contributed by atoms with Crippen LogP contribution in [0.4, 0.5) is 57.9 Å². The van der Waals surface area contributed by atoms with Crippen LogP contribution in [0.2, 0.25) is 0 Å². The van der Waals surface area contributed by atoms with Crippen LogP contribution in [0.1, 0.15) is 0 Å². The third-order valence-corrected chi connectivity index (χ3v) is 9.95. The Bertz CT molecular complexity index is 2690. The first-order chi connectivity index (χ1) is 25.5. The maximum Gasteiger partial charge on any atom is 0.320 e. The van der Waals surface area contributed by atoms with E-state index in [1.54, 1.807) is 0 Å². The first-order valence-electron chi connectivity index (χ1n) is 14.0. The number of hydrogen-bond acceptors (Lipinski definition) is 22. The van der Waals surface area contributed by atoms with Crippen molar-refractivity contribution in [2.24, 2.45) is 20.5 Å². The maximum atomic E-state index is 11.7. The van der Waals surface area contributed by atoms with E-state index in [2.05, 4.69) is 56.0 Å². The summed E-state index contributed by atoms with van der Waals surface area (Å²) in [6.07, 6.45) is 0. The lowest BCUT2D eigenvalue weighted by Crippen LogP contribution is -2.06. The summed E-state index contributed by atoms with van der Waals surface area (Å²) in [5, 5.41) is 30.1. The molecule has 0 bridgehead atoms. The topological polar surface area (TPSA) is 428 Å². The highest BCUT2D eigenvalue weighted by atomic mass is 32.2. The molecule has 0 saturated carbocycles. The fourth-order valence-electron chi connectivity index (χ4n) is 4.07. The molecule has 0 atom stereocenters. The number of anilines is 6. The number of aromatic nitrogens is 5. The molecule has 11 N–H and O–H groups in total. The Morgan fingerprint density at radius 2 is 0.836 bits per heavy atom. The van der Waals surface area contributed by atoms with Gasteiger partial charge < -0.3 is 27.2 Å². The molecule has 288 valence electrons. The summed E-state index contributed by atoms with van der Waals surface area (Å²) in [5.41, 5.74) is 10.2. The van der Waals surface area contributed by atoms with Crippen LogP contribution in [0, 0.1) is 0 Å². The van der Waals surface area contributed by atoms with Crippen molar-refractivity contribution in [1.29, 1.82) is 0 Å². The van der Waals surface area contributed by atoms with Crippen LogP contribution in [-0.4, -0.2) is 81.9 Å². The third kappa shape index (κ3) is 9.97. The fraction of sp³-hybridized carbons (Fsp3) is 0. The number of nitrogens with two attached hydrogens (primary N) is 2. The average molecular weight is 840 g/mol. The highest BCUT2D eigenvalue weighted by Crippen LogP contribution is 2.33. The number of rotatable bonds is 12. The van der Waals surface area contributed by atoms with E-state index in [9.17, 15) is 57.0 Å². The van der Waals surface area contributed by atoms with E-state index < -0.39 is 77.4 Å². The molecule has 2 aromatic carbocycles. The highest BCUT2D eigenvalue weighted by Gasteiger charge is 2.22. The molecule has 0 amide bonds. The molecule has 3 aromatic heterocycles. The van der Waals surface area contributed by atoms with Crippen molar-refractivity contribution in [2.45, 2.75) is 19.6 Å². The molecule has 0 aliphatic rings. The second-order valence-electron chi connectivity index (χ2n) is 10.3. The summed E-state index contributed by atoms with van der Waals surface area (Å²) >= 11 is 0. The van der Waals surface area contributed by atoms with Crippen molar-refractivity contribution in [3.63, 3.8) is 0 Å². The van der Waals surface area contributed by atoms with E-state index in [-0.39, 0.29) is 46.5 Å². The summed E-state index contributed by atoms with van der Waals surface area (Å²) < 4.78 is 130. The minimum absolute atomic E-state index is 0.0311. The van der Waals surface area contributed by atoms with E-state index in [1.807, 2.05) is 0 Å². The Balaban J connectivity index is 1.34. The second kappa shape index (κ2) is 14.8. The summed E-state index contributed by atoms with van der Waals surface area (Å²) in [4.78, 5) is 16.4. The first-order valence-corrected chi connectivity index (χ1v) is 19.8. The molecule has 30 heteroatoms. The number of pyridine rings is 2. The Labute approximate surface area is 308 Å². The van der Waals surface area contributed by atoms with Gasteiger partial charge in [0.2, 0.25) is 11.9 Å². The predicted octanol–water partition coefficient (Wildman–Crippen LogP) is 2.84. The molecule has 5 rings (SSSR count). The molecular weight excluding hydrogens is 819 g/mol. The summed E-state index contributed by atoms with van der Waals surface area (Å²) in [6, 6.07) is 8.32. The lowest BCUT2D eigenvalue weighted by molar-refractivity contribution is 0.430. The van der Waals surface area contributed by atoms with Crippen LogP contribution in [-0.2, 0) is 40.5 Å². The van der Waals surface area contributed by atoms with Crippen molar-refractivity contribution >= 4 is 98.4 Å². The Morgan fingerprint density at radius 3 is 1.16 bits per heavy atom. The van der Waals surface area contributed by atoms with Gasteiger partial charge in [0, 0.05) is 0 Å². The normalized spacial score (nSPS) is 12.7. The van der Waals surface area contributed by atoms with E-state index >= 15 is 0 Å². The fourth-order valence-corrected chi connectivity index (χ4v) is 6.28. The Kier molecular flexibility index (Phi) is 10.7. The molecule has 5 aromatic rings. The van der Waals surface area contributed by atoms with Gasteiger partial charge in [-0.3, -0.25) is 18.2 Å². The lowest BCUT2D eigenvalue weighted by atomic mass is 10.3. The molecule has 0 aliphatic heterocycles. The van der Waals surface area contributed by atoms with Gasteiger partial charge in [0.1, 0.15) is 44.2 Å². The number of aromatic hydroxyl groups is 1. The van der Waals surface area contributed by atoms with E-state index in [1.165, 1.54) is 24.3 Å². The molecule has 0 spiro atoms. The summed E-state index contributed by atoms with van der Waals surface area (Å²) in [6.45, 7) is 0. The maximum absolute atomic E-state index is 11.7. The smallest absolute Gasteiger partial charge is 0.320 e. The number of benzene rings is 2. The molecule has 26 nitrogen and oxygen atoms in total. The van der Waals surface area contributed by atoms with Crippen LogP contribution in [0.15, 0.2) is 101 Å². The second-order valence-corrected chi connectivity index (χ2v) is 15.9. The van der Waals surface area contributed by atoms with E-state index in [0.717, 1.165) is 12.1 Å². The quantitative estimate of drug-likeness (QED) is 0.0644. The van der Waals surface area contributed by atoms with Gasteiger partial charge in [-0.25, -0.2) is 9.97 Å². The van der Waals surface area contributed by atoms with Crippen LogP contribution < -0.4 is 22.1 Å². The van der Waals surface area contributed by atoms with Crippen molar-refractivity contribution in [2.75, 3.05) is 22.1 Å². The van der Waals surface area contributed by atoms with Gasteiger partial charge in [-0.15, -0.1) is 20.5 Å². The van der Waals surface area contributed by atoms with Crippen molar-refractivity contribution in [3.8, 4) is 6.01 Å². The molecule has 0 aliphatic carbocycles. The van der Waals surface area contributed by atoms with Gasteiger partial charge in [0.05, 0.1) is 9.79 Å². The number of hydrogen-bond donors (Lipinski definition) is 9. The molecule has 3 heterocycles. The number of nitrogens with one attached hydrogen (secondary N) is 2. The molecule has 0 radical (unpaired) electrons. The first kappa shape index (κ1) is 39.8. The number of nitrogens with zero attached hydrogens (tertiary/aromatic N) is 9. The molecule has 0 saturated heterocycles. The van der Waals surface area contributed by atoms with Gasteiger partial charge in [-0.05, 0) is 60.7 Å². The zero-order chi connectivity index (χ0) is 40.5. The van der Waals surface area contributed by atoms with Gasteiger partial charge in [-0.2, -0.15) is 48.6 Å². The third-order valence-electron chi connectivity index (χ3n) is 6.45. The van der Waals surface area contributed by atoms with E-state index in [0.29, 0.717) is 24.3 Å². The molecule has 0 unspecified atom stereocenters. The largest absolute Gasteiger partial charge is 0.479 e. The van der Waals surface area contributed by atoms with Gasteiger partial charge in [0.25, 0.3) is 40.5 Å². The average Bonchev–Trinajstić information content (AvgIpc) is 3.05. The zero-order valence-electron chi connectivity index (χ0n) is 26.6. The van der Waals surface area contributed by atoms with Crippen LogP contribution in [0.5, 0.6) is 6.01 Å². The van der Waals surface area contributed by atoms with Crippen molar-refractivity contribution in [1.82, 2.24) is 24.9 Å². The summed E-state index contributed by atoms with van der Waals surface area (Å²) in [7, 11) is -19.4. The SMILES string of the molecule is Nc1nc(Nc2nc(O)nc(Nc3ccc(N=Nc4cc(S(=O)(=O)O)ccc4S(=O)(=O)O)c(N)n3)n2)ccc1N=Nc1cc(S(=O)(=O)O)ccc1S(=O)(=O)O. The predicted molar refractivity (Wildman–Crippen MR) is 186 cm³/mol. The van der Waals surface area contributed by atoms with Crippen LogP contribution >= 0.6 is 0 Å². The standard InChI is InChI=1S/C25H21N13O13S4/c26-21-13(35-37-15-9-11(52(40,41)42)1-5-17(15)54(46,47)48)3-7-19(28-21)30-23-32-24(34-25(39)33-23)31-20-8-4-14(22(27)29-20)36-38-16-10-12(53(43,44)45)2-6-18(16)55(49,50)51/h1-10H,(H,40,41,42)(H,43,44,45)(H,46,47,48)(H,49,50,51)(H7,26,27,28,29,30,31,32,33,34,39). The minimum Gasteiger partial charge on any atom is -0.479 e. The lowest BCUT2D eigenvalue weighted by Gasteiger charge is -2.09. The van der Waals surface area contributed by atoms with Crippen molar-refractivity contribution < 1.29 is 57.0 Å². The van der Waals surface area contributed by atoms with Crippen LogP contribution in [0.25, 0.3) is 0 Å². The number of azo groups is 2. The van der Waals surface area contributed by atoms with Gasteiger partial charge in [-0.1, -0.05) is 0 Å². The highest BCUT2D eigenvalue weighted by molar-refractivity contribution is 7.87. The van der Waals surface area contributed by atoms with E-state index in [4.69, 9.17) is 11.5 Å². The van der Waals surface area contributed by atoms with Gasteiger partial charge in [0.15, 0.2) is 11.6 Å². The Hall–Kier alpha value is -6.41. The zero-order valence-corrected chi connectivity index (χ0v) is 29.9. The Morgan fingerprint density at radius 1 is 0.473 bits per heavy atom. The summed E-state index contributed by atoms with van der Waals surface area (Å²) in [5.74, 6) is -1.29. The molecule has 55 heavy (non-hydrogen) atoms. The van der Waals surface area contributed by atoms with Gasteiger partial charge >= 0.3 is 6.01 Å². The monoisotopic (exact) mass is 839 g/mol. The van der Waals surface area contributed by atoms with Crippen molar-refractivity contribution in [3.05, 3.63) is 60.7 Å². The number of nitrogen functional groups attached to an aromatic ring is 2.